The zero-order chi connectivity index (χ0) is 16.9. The SMILES string of the molecule is O=C(O)c1ccc(C(=O)Nc2cccc(C3CCOCC3)c2)cc1. The maximum atomic E-state index is 12.3. The van der Waals surface area contributed by atoms with E-state index in [1.807, 2.05) is 18.2 Å². The molecule has 3 rings (SSSR count). The molecule has 1 aliphatic heterocycles. The van der Waals surface area contributed by atoms with Gasteiger partial charge in [-0.25, -0.2) is 4.79 Å². The van der Waals surface area contributed by atoms with Gasteiger partial charge in [-0.3, -0.25) is 4.79 Å². The Bertz CT molecular complexity index is 733. The van der Waals surface area contributed by atoms with Crippen molar-refractivity contribution in [2.75, 3.05) is 18.5 Å². The molecule has 0 saturated carbocycles. The molecule has 24 heavy (non-hydrogen) atoms. The van der Waals surface area contributed by atoms with Gasteiger partial charge in [0.15, 0.2) is 0 Å². The van der Waals surface area contributed by atoms with Crippen LogP contribution in [0.1, 0.15) is 45.0 Å². The zero-order valence-electron chi connectivity index (χ0n) is 13.2. The summed E-state index contributed by atoms with van der Waals surface area (Å²) in [5.74, 6) is -0.798. The molecule has 0 aliphatic carbocycles. The third-order valence-electron chi connectivity index (χ3n) is 4.23. The van der Waals surface area contributed by atoms with Gasteiger partial charge >= 0.3 is 5.97 Å². The molecule has 1 heterocycles. The van der Waals surface area contributed by atoms with Crippen molar-refractivity contribution in [2.24, 2.45) is 0 Å². The van der Waals surface area contributed by atoms with E-state index in [1.54, 1.807) is 0 Å². The fourth-order valence-corrected chi connectivity index (χ4v) is 2.87. The Balaban J connectivity index is 1.70. The standard InChI is InChI=1S/C19H19NO4/c21-18(14-4-6-15(7-5-14)19(22)23)20-17-3-1-2-16(12-17)13-8-10-24-11-9-13/h1-7,12-13H,8-11H2,(H,20,21)(H,22,23). The minimum absolute atomic E-state index is 0.160. The van der Waals surface area contributed by atoms with Crippen LogP contribution in [-0.2, 0) is 4.74 Å². The molecule has 1 fully saturated rings. The van der Waals surface area contributed by atoms with E-state index in [9.17, 15) is 9.59 Å². The van der Waals surface area contributed by atoms with Gasteiger partial charge in [0, 0.05) is 24.5 Å². The van der Waals surface area contributed by atoms with Crippen molar-refractivity contribution in [1.82, 2.24) is 0 Å². The van der Waals surface area contributed by atoms with Crippen LogP contribution in [0.25, 0.3) is 0 Å². The van der Waals surface area contributed by atoms with E-state index in [0.29, 0.717) is 11.5 Å². The lowest BCUT2D eigenvalue weighted by Crippen LogP contribution is -2.15. The zero-order valence-corrected chi connectivity index (χ0v) is 13.2. The minimum atomic E-state index is -1.01. The van der Waals surface area contributed by atoms with Crippen LogP contribution in [0.5, 0.6) is 0 Å². The summed E-state index contributed by atoms with van der Waals surface area (Å²) in [7, 11) is 0. The molecule has 124 valence electrons. The molecule has 1 aliphatic rings. The van der Waals surface area contributed by atoms with Gasteiger partial charge in [0.1, 0.15) is 0 Å². The molecule has 1 amide bonds. The maximum Gasteiger partial charge on any atom is 0.335 e. The predicted octanol–water partition coefficient (Wildman–Crippen LogP) is 3.53. The molecule has 0 atom stereocenters. The fraction of sp³-hybridized carbons (Fsp3) is 0.263. The Morgan fingerprint density at radius 2 is 1.67 bits per heavy atom. The first-order valence-electron chi connectivity index (χ1n) is 7.96. The van der Waals surface area contributed by atoms with Crippen LogP contribution in [0.2, 0.25) is 0 Å². The van der Waals surface area contributed by atoms with Gasteiger partial charge < -0.3 is 15.2 Å². The monoisotopic (exact) mass is 325 g/mol. The Morgan fingerprint density at radius 1 is 1.00 bits per heavy atom. The van der Waals surface area contributed by atoms with Crippen molar-refractivity contribution in [2.45, 2.75) is 18.8 Å². The number of benzene rings is 2. The minimum Gasteiger partial charge on any atom is -0.478 e. The van der Waals surface area contributed by atoms with Gasteiger partial charge in [-0.1, -0.05) is 12.1 Å². The lowest BCUT2D eigenvalue weighted by molar-refractivity contribution is 0.0696. The van der Waals surface area contributed by atoms with E-state index < -0.39 is 5.97 Å². The highest BCUT2D eigenvalue weighted by molar-refractivity contribution is 6.04. The number of anilines is 1. The number of ether oxygens (including phenoxy) is 1. The smallest absolute Gasteiger partial charge is 0.335 e. The summed E-state index contributed by atoms with van der Waals surface area (Å²) in [6.07, 6.45) is 1.99. The Labute approximate surface area is 140 Å². The van der Waals surface area contributed by atoms with E-state index >= 15 is 0 Å². The summed E-state index contributed by atoms with van der Waals surface area (Å²) < 4.78 is 5.39. The lowest BCUT2D eigenvalue weighted by atomic mass is 9.91. The first-order valence-corrected chi connectivity index (χ1v) is 7.96. The topological polar surface area (TPSA) is 75.6 Å². The number of carboxylic acids is 1. The normalized spacial score (nSPS) is 15.0. The molecule has 2 aromatic rings. The molecule has 0 spiro atoms. The van der Waals surface area contributed by atoms with Crippen LogP contribution in [0.4, 0.5) is 5.69 Å². The Morgan fingerprint density at radius 3 is 2.33 bits per heavy atom. The van der Waals surface area contributed by atoms with Gasteiger partial charge in [0.25, 0.3) is 5.91 Å². The third-order valence-corrected chi connectivity index (χ3v) is 4.23. The molecule has 1 saturated heterocycles. The number of hydrogen-bond acceptors (Lipinski definition) is 3. The number of amides is 1. The highest BCUT2D eigenvalue weighted by Crippen LogP contribution is 2.28. The highest BCUT2D eigenvalue weighted by atomic mass is 16.5. The number of hydrogen-bond donors (Lipinski definition) is 2. The van der Waals surface area contributed by atoms with Crippen LogP contribution in [0.3, 0.4) is 0 Å². The second-order valence-corrected chi connectivity index (χ2v) is 5.85. The van der Waals surface area contributed by atoms with E-state index in [2.05, 4.69) is 11.4 Å². The number of carboxylic acid groups (broad SMARTS) is 1. The summed E-state index contributed by atoms with van der Waals surface area (Å²) in [5, 5.41) is 11.8. The molecule has 0 unspecified atom stereocenters. The molecule has 0 aromatic heterocycles. The first-order chi connectivity index (χ1) is 11.6. The summed E-state index contributed by atoms with van der Waals surface area (Å²) in [6.45, 7) is 1.55. The largest absolute Gasteiger partial charge is 0.478 e. The first kappa shape index (κ1) is 16.2. The lowest BCUT2D eigenvalue weighted by Gasteiger charge is -2.22. The van der Waals surface area contributed by atoms with Gasteiger partial charge in [0.2, 0.25) is 0 Å². The van der Waals surface area contributed by atoms with Crippen LogP contribution in [0, 0.1) is 0 Å². The summed E-state index contributed by atoms with van der Waals surface area (Å²) in [4.78, 5) is 23.2. The number of carbonyl (C=O) groups excluding carboxylic acids is 1. The van der Waals surface area contributed by atoms with Crippen LogP contribution in [0.15, 0.2) is 48.5 Å². The quantitative estimate of drug-likeness (QED) is 0.901. The molecule has 0 radical (unpaired) electrons. The predicted molar refractivity (Wildman–Crippen MR) is 90.6 cm³/mol. The maximum absolute atomic E-state index is 12.3. The number of carbonyl (C=O) groups is 2. The van der Waals surface area contributed by atoms with E-state index in [4.69, 9.17) is 9.84 Å². The molecule has 5 nitrogen and oxygen atoms in total. The number of aromatic carboxylic acids is 1. The van der Waals surface area contributed by atoms with Crippen molar-refractivity contribution in [1.29, 1.82) is 0 Å². The molecular weight excluding hydrogens is 306 g/mol. The summed E-state index contributed by atoms with van der Waals surface area (Å²) in [6, 6.07) is 13.8. The van der Waals surface area contributed by atoms with Crippen molar-refractivity contribution < 1.29 is 19.4 Å². The Kier molecular flexibility index (Phi) is 4.91. The molecule has 2 N–H and O–H groups in total. The van der Waals surface area contributed by atoms with Crippen molar-refractivity contribution >= 4 is 17.6 Å². The van der Waals surface area contributed by atoms with Gasteiger partial charge in [0.05, 0.1) is 5.56 Å². The van der Waals surface area contributed by atoms with E-state index in [1.165, 1.54) is 29.8 Å². The van der Waals surface area contributed by atoms with Gasteiger partial charge in [-0.15, -0.1) is 0 Å². The molecule has 5 heteroatoms. The van der Waals surface area contributed by atoms with Gasteiger partial charge in [-0.2, -0.15) is 0 Å². The van der Waals surface area contributed by atoms with Crippen LogP contribution >= 0.6 is 0 Å². The van der Waals surface area contributed by atoms with Crippen LogP contribution in [-0.4, -0.2) is 30.2 Å². The van der Waals surface area contributed by atoms with Crippen molar-refractivity contribution in [3.63, 3.8) is 0 Å². The van der Waals surface area contributed by atoms with E-state index in [-0.39, 0.29) is 11.5 Å². The fourth-order valence-electron chi connectivity index (χ4n) is 2.87. The molecule has 2 aromatic carbocycles. The summed E-state index contributed by atoms with van der Waals surface area (Å²) >= 11 is 0. The molecule has 0 bridgehead atoms. The average molecular weight is 325 g/mol. The highest BCUT2D eigenvalue weighted by Gasteiger charge is 2.16. The van der Waals surface area contributed by atoms with Crippen molar-refractivity contribution in [3.05, 3.63) is 65.2 Å². The second kappa shape index (κ2) is 7.27. The summed E-state index contributed by atoms with van der Waals surface area (Å²) in [5.41, 5.74) is 2.54. The second-order valence-electron chi connectivity index (χ2n) is 5.85. The van der Waals surface area contributed by atoms with Crippen molar-refractivity contribution in [3.8, 4) is 0 Å². The van der Waals surface area contributed by atoms with Crippen LogP contribution < -0.4 is 5.32 Å². The average Bonchev–Trinajstić information content (AvgIpc) is 2.63. The van der Waals surface area contributed by atoms with E-state index in [0.717, 1.165) is 31.7 Å². The number of nitrogens with one attached hydrogen (secondary N) is 1. The van der Waals surface area contributed by atoms with Gasteiger partial charge in [-0.05, 0) is 60.7 Å². The molecular formula is C19H19NO4. The third kappa shape index (κ3) is 3.81. The Hall–Kier alpha value is -2.66. The number of rotatable bonds is 4.